The Labute approximate surface area is 108 Å². The third-order valence-electron chi connectivity index (χ3n) is 3.14. The molecule has 0 fully saturated rings. The molecule has 0 aliphatic rings. The quantitative estimate of drug-likeness (QED) is 0.894. The van der Waals surface area contributed by atoms with Gasteiger partial charge in [0.2, 0.25) is 0 Å². The second-order valence-corrected chi connectivity index (χ2v) is 4.36. The molecule has 0 aliphatic heterocycles. The Morgan fingerprint density at radius 2 is 2.06 bits per heavy atom. The highest BCUT2D eigenvalue weighted by molar-refractivity contribution is 5.31. The Bertz CT molecular complexity index is 505. The van der Waals surface area contributed by atoms with E-state index in [9.17, 15) is 0 Å². The van der Waals surface area contributed by atoms with Crippen molar-refractivity contribution in [3.05, 3.63) is 59.2 Å². The Morgan fingerprint density at radius 3 is 2.67 bits per heavy atom. The number of hydrogen-bond acceptors (Lipinski definition) is 3. The van der Waals surface area contributed by atoms with E-state index in [1.165, 1.54) is 5.56 Å². The molecule has 1 N–H and O–H groups in total. The third kappa shape index (κ3) is 2.57. The van der Waals surface area contributed by atoms with Crippen LogP contribution in [0.25, 0.3) is 0 Å². The summed E-state index contributed by atoms with van der Waals surface area (Å²) in [7, 11) is 1.96. The monoisotopic (exact) mass is 241 g/mol. The molecule has 0 bridgehead atoms. The topological polar surface area (TPSA) is 37.8 Å². The molecule has 0 amide bonds. The summed E-state index contributed by atoms with van der Waals surface area (Å²) < 4.78 is 0. The average Bonchev–Trinajstić information content (AvgIpc) is 2.42. The lowest BCUT2D eigenvalue weighted by atomic mass is 9.99. The minimum atomic E-state index is 0.106. The van der Waals surface area contributed by atoms with Gasteiger partial charge in [0.15, 0.2) is 0 Å². The number of nitrogens with zero attached hydrogens (tertiary/aromatic N) is 2. The van der Waals surface area contributed by atoms with Gasteiger partial charge in [-0.15, -0.1) is 0 Å². The molecule has 2 rings (SSSR count). The van der Waals surface area contributed by atoms with E-state index in [0.29, 0.717) is 0 Å². The summed E-state index contributed by atoms with van der Waals surface area (Å²) in [6, 6.07) is 8.37. The summed E-state index contributed by atoms with van der Waals surface area (Å²) in [5.41, 5.74) is 4.55. The highest BCUT2D eigenvalue weighted by Crippen LogP contribution is 2.22. The summed E-state index contributed by atoms with van der Waals surface area (Å²) in [6.07, 6.45) is 4.76. The third-order valence-corrected chi connectivity index (χ3v) is 3.14. The molecule has 0 spiro atoms. The van der Waals surface area contributed by atoms with Crippen LogP contribution >= 0.6 is 0 Å². The molecule has 0 saturated carbocycles. The van der Waals surface area contributed by atoms with Crippen molar-refractivity contribution in [1.29, 1.82) is 0 Å². The van der Waals surface area contributed by atoms with Crippen molar-refractivity contribution < 1.29 is 0 Å². The van der Waals surface area contributed by atoms with E-state index in [2.05, 4.69) is 34.3 Å². The van der Waals surface area contributed by atoms with Crippen LogP contribution in [0.15, 0.2) is 36.7 Å². The van der Waals surface area contributed by atoms with Crippen LogP contribution in [0, 0.1) is 6.92 Å². The Hall–Kier alpha value is -1.74. The lowest BCUT2D eigenvalue weighted by Crippen LogP contribution is -2.20. The van der Waals surface area contributed by atoms with Crippen LogP contribution in [0.2, 0.25) is 0 Å². The van der Waals surface area contributed by atoms with E-state index >= 15 is 0 Å². The lowest BCUT2D eigenvalue weighted by Gasteiger charge is -2.18. The smallest absolute Gasteiger partial charge is 0.0766 e. The zero-order valence-corrected chi connectivity index (χ0v) is 11.1. The predicted octanol–water partition coefficient (Wildman–Crippen LogP) is 2.66. The second-order valence-electron chi connectivity index (χ2n) is 4.36. The number of aryl methyl sites for hydroxylation is 2. The fraction of sp³-hybridized carbons (Fsp3) is 0.333. The van der Waals surface area contributed by atoms with Gasteiger partial charge in [0.25, 0.3) is 0 Å². The van der Waals surface area contributed by atoms with E-state index in [1.807, 2.05) is 38.5 Å². The van der Waals surface area contributed by atoms with Gasteiger partial charge in [-0.3, -0.25) is 9.97 Å². The van der Waals surface area contributed by atoms with Gasteiger partial charge in [-0.1, -0.05) is 19.1 Å². The molecule has 0 aromatic carbocycles. The number of hydrogen-bond donors (Lipinski definition) is 1. The second kappa shape index (κ2) is 5.74. The van der Waals surface area contributed by atoms with Crippen LogP contribution in [0.1, 0.15) is 35.5 Å². The molecule has 0 radical (unpaired) electrons. The van der Waals surface area contributed by atoms with Gasteiger partial charge in [-0.05, 0) is 43.7 Å². The molecule has 1 unspecified atom stereocenters. The molecule has 2 aromatic rings. The molecule has 0 saturated heterocycles. The number of nitrogens with one attached hydrogen (secondary N) is 1. The van der Waals surface area contributed by atoms with Crippen LogP contribution in [-0.4, -0.2) is 17.0 Å². The molecule has 2 aromatic heterocycles. The molecular weight excluding hydrogens is 222 g/mol. The first-order chi connectivity index (χ1) is 8.76. The van der Waals surface area contributed by atoms with Crippen molar-refractivity contribution in [3.63, 3.8) is 0 Å². The molecule has 94 valence electrons. The number of pyridine rings is 2. The molecule has 3 heteroatoms. The van der Waals surface area contributed by atoms with Crippen molar-refractivity contribution in [2.75, 3.05) is 7.05 Å². The average molecular weight is 241 g/mol. The maximum absolute atomic E-state index is 4.53. The molecule has 0 aliphatic carbocycles. The van der Waals surface area contributed by atoms with Gasteiger partial charge >= 0.3 is 0 Å². The molecule has 2 heterocycles. The predicted molar refractivity (Wildman–Crippen MR) is 73.5 cm³/mol. The Morgan fingerprint density at radius 1 is 1.22 bits per heavy atom. The van der Waals surface area contributed by atoms with E-state index in [0.717, 1.165) is 23.4 Å². The zero-order chi connectivity index (χ0) is 13.0. The first-order valence-corrected chi connectivity index (χ1v) is 6.29. The first-order valence-electron chi connectivity index (χ1n) is 6.29. The van der Waals surface area contributed by atoms with Crippen LogP contribution in [0.5, 0.6) is 0 Å². The van der Waals surface area contributed by atoms with Crippen molar-refractivity contribution >= 4 is 0 Å². The SMILES string of the molecule is CCc1cccnc1C(NC)c1ccc(C)nc1. The maximum atomic E-state index is 4.53. The summed E-state index contributed by atoms with van der Waals surface area (Å²) in [5.74, 6) is 0. The highest BCUT2D eigenvalue weighted by Gasteiger charge is 2.16. The first kappa shape index (κ1) is 12.7. The normalized spacial score (nSPS) is 12.4. The van der Waals surface area contributed by atoms with E-state index in [1.54, 1.807) is 0 Å². The van der Waals surface area contributed by atoms with Gasteiger partial charge in [-0.25, -0.2) is 0 Å². The lowest BCUT2D eigenvalue weighted by molar-refractivity contribution is 0.659. The van der Waals surface area contributed by atoms with E-state index < -0.39 is 0 Å². The van der Waals surface area contributed by atoms with Gasteiger partial charge in [-0.2, -0.15) is 0 Å². The summed E-state index contributed by atoms with van der Waals surface area (Å²) >= 11 is 0. The largest absolute Gasteiger partial charge is 0.308 e. The van der Waals surface area contributed by atoms with Crippen molar-refractivity contribution in [3.8, 4) is 0 Å². The van der Waals surface area contributed by atoms with Crippen LogP contribution in [0.4, 0.5) is 0 Å². The van der Waals surface area contributed by atoms with Gasteiger partial charge in [0, 0.05) is 18.1 Å². The summed E-state index contributed by atoms with van der Waals surface area (Å²) in [5, 5.41) is 3.33. The van der Waals surface area contributed by atoms with Crippen molar-refractivity contribution in [1.82, 2.24) is 15.3 Å². The van der Waals surface area contributed by atoms with Gasteiger partial charge in [0.05, 0.1) is 11.7 Å². The van der Waals surface area contributed by atoms with E-state index in [4.69, 9.17) is 0 Å². The number of rotatable bonds is 4. The molecule has 18 heavy (non-hydrogen) atoms. The van der Waals surface area contributed by atoms with E-state index in [-0.39, 0.29) is 6.04 Å². The minimum absolute atomic E-state index is 0.106. The zero-order valence-electron chi connectivity index (χ0n) is 11.1. The Kier molecular flexibility index (Phi) is 4.05. The Balaban J connectivity index is 2.41. The van der Waals surface area contributed by atoms with Gasteiger partial charge < -0.3 is 5.32 Å². The van der Waals surface area contributed by atoms with Gasteiger partial charge in [0.1, 0.15) is 0 Å². The molecular formula is C15H19N3. The number of aromatic nitrogens is 2. The molecule has 1 atom stereocenters. The fourth-order valence-electron chi connectivity index (χ4n) is 2.12. The molecule has 3 nitrogen and oxygen atoms in total. The minimum Gasteiger partial charge on any atom is -0.308 e. The van der Waals surface area contributed by atoms with Crippen molar-refractivity contribution in [2.45, 2.75) is 26.3 Å². The van der Waals surface area contributed by atoms with Crippen LogP contribution in [-0.2, 0) is 6.42 Å². The van der Waals surface area contributed by atoms with Crippen molar-refractivity contribution in [2.24, 2.45) is 0 Å². The standard InChI is InChI=1S/C15H19N3/c1-4-12-6-5-9-17-15(12)14(16-3)13-8-7-11(2)18-10-13/h5-10,14,16H,4H2,1-3H3. The highest BCUT2D eigenvalue weighted by atomic mass is 14.9. The maximum Gasteiger partial charge on any atom is 0.0766 e. The summed E-state index contributed by atoms with van der Waals surface area (Å²) in [6.45, 7) is 4.15. The fourth-order valence-corrected chi connectivity index (χ4v) is 2.12. The summed E-state index contributed by atoms with van der Waals surface area (Å²) in [4.78, 5) is 8.89. The van der Waals surface area contributed by atoms with Crippen LogP contribution in [0.3, 0.4) is 0 Å². The van der Waals surface area contributed by atoms with Crippen LogP contribution < -0.4 is 5.32 Å².